The summed E-state index contributed by atoms with van der Waals surface area (Å²) < 4.78 is 57.1. The second-order valence-electron chi connectivity index (χ2n) is 41.6. The fourth-order valence-corrected chi connectivity index (χ4v) is 24.3. The van der Waals surface area contributed by atoms with Crippen LogP contribution in [0, 0.1) is 57.2 Å². The molecule has 0 aliphatic heterocycles. The van der Waals surface area contributed by atoms with E-state index < -0.39 is 165 Å². The SMILES string of the molecule is COCCN(CC(N)=O)C(=O)CN(CCOC)C(=O)CN(CCCn1cc([C@]2(O)CC[C@H]3[C@@H]4CCC5=CC(=O)CC[C@]5(C)[C@H]4CC[C@@]32C)nn1)C(=O)CN(CCOC)C(=O)CN(CCOC)C(=O)CN(CCOC)C(=O)CN(CCOC)C(=O)CN(CCOC)C(=O)CN(CCOC)C(=O)CN(CCOC)C(=O)CN(CCOC)C(=O)CNCCCn1cc([C@]2(O)CC[C@H]3[C@@H]4CCC5=CC(=O)CC[C@]5(C)[C@H]4CC[C@@]32C)nn1. The maximum atomic E-state index is 15.2. The number of aliphatic hydroxyl groups is 2. The first kappa shape index (κ1) is 119. The Labute approximate surface area is 864 Å². The van der Waals surface area contributed by atoms with Crippen LogP contribution in [0.3, 0.4) is 0 Å². The normalized spacial score (nSPS) is 24.2. The second kappa shape index (κ2) is 56.4. The topological polar surface area (TPSA) is 507 Å². The third kappa shape index (κ3) is 30.0. The first-order valence-electron chi connectivity index (χ1n) is 52.0. The number of ether oxygens (including phenoxy) is 10. The molecule has 147 heavy (non-hydrogen) atoms. The minimum absolute atomic E-state index is 0.00992. The summed E-state index contributed by atoms with van der Waals surface area (Å²) in [5.74, 6) is -5.80. The summed E-state index contributed by atoms with van der Waals surface area (Å²) in [7, 11) is 14.0. The molecular weight excluding hydrogens is 1910 g/mol. The number of aryl methyl sites for hydroxylation is 2. The molecule has 8 aliphatic rings. The number of carbonyl (C=O) groups excluding carboxylic acids is 14. The van der Waals surface area contributed by atoms with E-state index in [-0.39, 0.29) is 186 Å². The first-order valence-corrected chi connectivity index (χ1v) is 52.0. The van der Waals surface area contributed by atoms with E-state index in [0.29, 0.717) is 86.2 Å². The van der Waals surface area contributed by atoms with Crippen LogP contribution in [0.1, 0.15) is 155 Å². The number of allylic oxidation sites excluding steroid dienone is 2. The Hall–Kier alpha value is -9.78. The molecule has 2 heterocycles. The van der Waals surface area contributed by atoms with Crippen molar-refractivity contribution < 1.29 is 125 Å². The monoisotopic (exact) mass is 2070 g/mol. The molecule has 45 heteroatoms. The zero-order valence-corrected chi connectivity index (χ0v) is 89.3. The number of nitrogens with zero attached hydrogens (tertiary/aromatic N) is 17. The molecule has 8 aliphatic carbocycles. The predicted molar refractivity (Wildman–Crippen MR) is 534 cm³/mol. The molecule has 5 N–H and O–H groups in total. The molecule has 45 nitrogen and oxygen atoms in total. The van der Waals surface area contributed by atoms with Crippen molar-refractivity contribution in [1.82, 2.24) is 89.2 Å². The van der Waals surface area contributed by atoms with Gasteiger partial charge >= 0.3 is 0 Å². The van der Waals surface area contributed by atoms with Gasteiger partial charge in [0.25, 0.3) is 0 Å². The lowest BCUT2D eigenvalue weighted by Crippen LogP contribution is -2.54. The van der Waals surface area contributed by atoms with E-state index in [9.17, 15) is 67.7 Å². The van der Waals surface area contributed by atoms with Crippen molar-refractivity contribution in [2.45, 2.75) is 168 Å². The summed E-state index contributed by atoms with van der Waals surface area (Å²) in [4.78, 5) is 212. The molecule has 0 bridgehead atoms. The van der Waals surface area contributed by atoms with Crippen molar-refractivity contribution in [3.05, 3.63) is 47.1 Å². The number of amides is 12. The second-order valence-corrected chi connectivity index (χ2v) is 41.6. The van der Waals surface area contributed by atoms with E-state index in [2.05, 4.69) is 53.6 Å². The molecule has 0 unspecified atom stereocenters. The number of rotatable bonds is 64. The first-order chi connectivity index (χ1) is 70.3. The van der Waals surface area contributed by atoms with Gasteiger partial charge in [0.1, 0.15) is 22.6 Å². The summed E-state index contributed by atoms with van der Waals surface area (Å²) in [5, 5.41) is 47.0. The van der Waals surface area contributed by atoms with Gasteiger partial charge < -0.3 is 123 Å². The zero-order chi connectivity index (χ0) is 107. The van der Waals surface area contributed by atoms with E-state index in [4.69, 9.17) is 53.1 Å². The molecule has 6 saturated carbocycles. The molecule has 6 fully saturated rings. The summed E-state index contributed by atoms with van der Waals surface area (Å²) in [6, 6.07) is 0. The fraction of sp³-hybridized carbons (Fsp3) is 0.784. The average Bonchev–Trinajstić information content (AvgIpc) is 1.56. The average molecular weight is 2070 g/mol. The Balaban J connectivity index is 0.766. The Morgan fingerprint density at radius 3 is 0.864 bits per heavy atom. The number of ketones is 2. The van der Waals surface area contributed by atoms with Crippen LogP contribution in [0.5, 0.6) is 0 Å². The number of aromatic nitrogens is 6. The number of primary amides is 1. The zero-order valence-electron chi connectivity index (χ0n) is 89.3. The van der Waals surface area contributed by atoms with Crippen LogP contribution in [-0.2, 0) is 139 Å². The van der Waals surface area contributed by atoms with Crippen molar-refractivity contribution in [3.63, 3.8) is 0 Å². The van der Waals surface area contributed by atoms with E-state index in [1.807, 2.05) is 18.3 Å². The van der Waals surface area contributed by atoms with Gasteiger partial charge in [0.2, 0.25) is 70.9 Å². The van der Waals surface area contributed by atoms with E-state index >= 15 is 9.59 Å². The molecule has 10 rings (SSSR count). The van der Waals surface area contributed by atoms with Crippen LogP contribution in [0.25, 0.3) is 0 Å². The van der Waals surface area contributed by atoms with E-state index in [1.165, 1.54) is 107 Å². The largest absolute Gasteiger partial charge is 0.383 e. The molecule has 2 aromatic heterocycles. The Morgan fingerprint density at radius 2 is 0.592 bits per heavy atom. The molecular formula is C102H165N19O26. The van der Waals surface area contributed by atoms with Gasteiger partial charge in [-0.25, -0.2) is 0 Å². The lowest BCUT2D eigenvalue weighted by molar-refractivity contribution is -0.150. The fourth-order valence-electron chi connectivity index (χ4n) is 24.3. The van der Waals surface area contributed by atoms with Gasteiger partial charge in [0, 0.05) is 180 Å². The van der Waals surface area contributed by atoms with Crippen LogP contribution in [0.4, 0.5) is 0 Å². The van der Waals surface area contributed by atoms with E-state index in [1.54, 1.807) is 15.6 Å². The van der Waals surface area contributed by atoms with Gasteiger partial charge in [-0.1, -0.05) is 49.3 Å². The minimum atomic E-state index is -1.31. The number of nitrogens with two attached hydrogens (primary N) is 1. The maximum absolute atomic E-state index is 15.2. The highest BCUT2D eigenvalue weighted by Crippen LogP contribution is 2.71. The van der Waals surface area contributed by atoms with Gasteiger partial charge in [-0.3, -0.25) is 76.5 Å². The van der Waals surface area contributed by atoms with Crippen molar-refractivity contribution in [2.24, 2.45) is 62.9 Å². The van der Waals surface area contributed by atoms with Crippen LogP contribution in [0.15, 0.2) is 35.7 Å². The predicted octanol–water partition coefficient (Wildman–Crippen LogP) is 0.443. The van der Waals surface area contributed by atoms with Crippen LogP contribution < -0.4 is 11.1 Å². The molecule has 0 spiro atoms. The van der Waals surface area contributed by atoms with Crippen LogP contribution in [-0.4, -0.2) is 471 Å². The Bertz CT molecular complexity index is 4830. The Morgan fingerprint density at radius 1 is 0.340 bits per heavy atom. The molecule has 12 atom stereocenters. The standard InChI is InChI=1S/C102H165N19O26/c1-97-27-21-75(122)57-73(97)17-19-77-79(97)23-29-99(3)81(77)25-31-101(99,136)83-60-120(107-105-83)35-15-33-104-59-86(125)111(38-48-139-6)64-90(129)114(41-51-142-9)67-92(131)116(43-53-144-11)69-94(133)118(45-55-146-13)71-96(135)119(46-56-147-14)72-95(134)117(44-54-145-12)70-93(132)115(42-52-143-10)68-91(130)112(39-49-140-7)65-87(126)109(63-89(128)113(40-50-141-8)66-88(127)110(37-47-138-5)62-85(103)124)34-16-36-121-61-84(106-108-121)102(137)32-26-82-78-20-18-74-58-76(123)22-28-98(74,2)80(78)24-30-100(82,102)4/h57-58,60-61,77-82,104,136-137H,15-56,59,62-72H2,1-14H3,(H2,103,124)/t77-,78-,79+,80+,81+,82+,97+,98+,99+,100+,101-,102-/m1/s1. The van der Waals surface area contributed by atoms with Gasteiger partial charge in [0.15, 0.2) is 11.6 Å². The molecule has 824 valence electrons. The quantitative estimate of drug-likeness (QED) is 0.0653. The van der Waals surface area contributed by atoms with Crippen molar-refractivity contribution in [2.75, 3.05) is 294 Å². The number of nitrogens with one attached hydrogen (secondary N) is 1. The highest BCUT2D eigenvalue weighted by molar-refractivity contribution is 5.96. The van der Waals surface area contributed by atoms with Gasteiger partial charge in [-0.05, 0) is 168 Å². The molecule has 0 saturated heterocycles. The summed E-state index contributed by atoms with van der Waals surface area (Å²) in [6.45, 7) is 1.22. The van der Waals surface area contributed by atoms with Gasteiger partial charge in [0.05, 0.1) is 157 Å². The van der Waals surface area contributed by atoms with Gasteiger partial charge in [-0.2, -0.15) is 0 Å². The van der Waals surface area contributed by atoms with E-state index in [0.717, 1.165) is 106 Å². The third-order valence-corrected chi connectivity index (χ3v) is 33.1. The minimum Gasteiger partial charge on any atom is -0.383 e. The van der Waals surface area contributed by atoms with Crippen LogP contribution >= 0.6 is 0 Å². The number of hydrogen-bond acceptors (Lipinski definition) is 31. The van der Waals surface area contributed by atoms with Crippen molar-refractivity contribution in [3.8, 4) is 0 Å². The lowest BCUT2D eigenvalue weighted by Gasteiger charge is -2.59. The van der Waals surface area contributed by atoms with Crippen LogP contribution in [0.2, 0.25) is 0 Å². The lowest BCUT2D eigenvalue weighted by atomic mass is 9.46. The molecule has 12 amide bonds. The molecule has 2 aromatic rings. The van der Waals surface area contributed by atoms with Crippen molar-refractivity contribution >= 4 is 82.5 Å². The Kier molecular flexibility index (Phi) is 45.7. The highest BCUT2D eigenvalue weighted by Gasteiger charge is 2.67. The summed E-state index contributed by atoms with van der Waals surface area (Å²) in [5.41, 5.74) is 5.66. The molecule has 0 radical (unpaired) electrons. The van der Waals surface area contributed by atoms with Crippen molar-refractivity contribution in [1.29, 1.82) is 0 Å². The number of hydrogen-bond donors (Lipinski definition) is 4. The number of carbonyl (C=O) groups is 14. The maximum Gasteiger partial charge on any atom is 0.242 e. The molecule has 0 aromatic carbocycles. The smallest absolute Gasteiger partial charge is 0.242 e. The number of fused-ring (bicyclic) bond motifs is 10. The summed E-state index contributed by atoms with van der Waals surface area (Å²) >= 11 is 0. The highest BCUT2D eigenvalue weighted by atomic mass is 16.5. The third-order valence-electron chi connectivity index (χ3n) is 33.1. The number of methoxy groups -OCH3 is 10. The van der Waals surface area contributed by atoms with Gasteiger partial charge in [-0.15, -0.1) is 10.2 Å². The summed E-state index contributed by atoms with van der Waals surface area (Å²) in [6.07, 6.45) is 20.8.